The molecule has 0 unspecified atom stereocenters. The second-order valence-corrected chi connectivity index (χ2v) is 5.95. The zero-order valence-corrected chi connectivity index (χ0v) is 11.6. The highest BCUT2D eigenvalue weighted by Crippen LogP contribution is 2.33. The maximum atomic E-state index is 14.0. The summed E-state index contributed by atoms with van der Waals surface area (Å²) in [6.45, 7) is 2.63. The summed E-state index contributed by atoms with van der Waals surface area (Å²) >= 11 is 1.40. The normalized spacial score (nSPS) is 14.8. The topological polar surface area (TPSA) is 25.2 Å². The molecule has 0 radical (unpaired) electrons. The highest BCUT2D eigenvalue weighted by Gasteiger charge is 2.20. The third kappa shape index (κ3) is 3.19. The van der Waals surface area contributed by atoms with Crippen LogP contribution in [0.1, 0.15) is 24.2 Å². The fourth-order valence-electron chi connectivity index (χ4n) is 1.88. The van der Waals surface area contributed by atoms with Gasteiger partial charge in [-0.25, -0.2) is 4.39 Å². The Bertz CT molecular complexity index is 577. The van der Waals surface area contributed by atoms with Crippen molar-refractivity contribution in [1.29, 1.82) is 0 Å². The van der Waals surface area contributed by atoms with Crippen molar-refractivity contribution in [3.8, 4) is 0 Å². The Kier molecular flexibility index (Phi) is 3.62. The van der Waals surface area contributed by atoms with Gasteiger partial charge >= 0.3 is 0 Å². The largest absolute Gasteiger partial charge is 0.468 e. The third-order valence-corrected chi connectivity index (χ3v) is 4.39. The van der Waals surface area contributed by atoms with Gasteiger partial charge in [-0.3, -0.25) is 0 Å². The smallest absolute Gasteiger partial charge is 0.137 e. The van der Waals surface area contributed by atoms with Crippen molar-refractivity contribution >= 4 is 11.8 Å². The fraction of sp³-hybridized carbons (Fsp3) is 0.333. The van der Waals surface area contributed by atoms with E-state index in [0.717, 1.165) is 22.8 Å². The molecule has 0 spiro atoms. The van der Waals surface area contributed by atoms with Crippen LogP contribution in [0, 0.1) is 12.7 Å². The second kappa shape index (κ2) is 5.39. The number of aryl methyl sites for hydroxylation is 1. The molecule has 0 saturated heterocycles. The standard InChI is InChI=1S/C15H16FNOS/c1-10-14(6-7-18-10)19-15-5-2-11(8-13(15)16)9-17-12-3-4-12/h2,5-8,12,17H,3-4,9H2,1H3. The molecule has 0 amide bonds. The second-order valence-electron chi connectivity index (χ2n) is 4.86. The summed E-state index contributed by atoms with van der Waals surface area (Å²) in [5.74, 6) is 0.657. The predicted molar refractivity (Wildman–Crippen MR) is 73.8 cm³/mol. The molecule has 1 N–H and O–H groups in total. The van der Waals surface area contributed by atoms with Crippen LogP contribution in [0.2, 0.25) is 0 Å². The van der Waals surface area contributed by atoms with E-state index in [4.69, 9.17) is 4.42 Å². The first-order chi connectivity index (χ1) is 9.22. The molecule has 0 aliphatic heterocycles. The van der Waals surface area contributed by atoms with Gasteiger partial charge < -0.3 is 9.73 Å². The monoisotopic (exact) mass is 277 g/mol. The molecule has 100 valence electrons. The molecule has 1 aromatic heterocycles. The molecule has 4 heteroatoms. The van der Waals surface area contributed by atoms with Crippen LogP contribution in [0.15, 0.2) is 44.7 Å². The molecule has 1 aromatic carbocycles. The highest BCUT2D eigenvalue weighted by molar-refractivity contribution is 7.99. The number of hydrogen-bond donors (Lipinski definition) is 1. The molecule has 1 aliphatic rings. The first-order valence-electron chi connectivity index (χ1n) is 6.46. The Labute approximate surface area is 116 Å². The minimum Gasteiger partial charge on any atom is -0.468 e. The number of rotatable bonds is 5. The van der Waals surface area contributed by atoms with E-state index < -0.39 is 0 Å². The van der Waals surface area contributed by atoms with E-state index in [-0.39, 0.29) is 5.82 Å². The average Bonchev–Trinajstić information content (AvgIpc) is 3.14. The highest BCUT2D eigenvalue weighted by atomic mass is 32.2. The van der Waals surface area contributed by atoms with E-state index in [1.165, 1.54) is 24.6 Å². The third-order valence-electron chi connectivity index (χ3n) is 3.20. The summed E-state index contributed by atoms with van der Waals surface area (Å²) < 4.78 is 19.3. The van der Waals surface area contributed by atoms with E-state index in [1.54, 1.807) is 12.3 Å². The Morgan fingerprint density at radius 2 is 2.16 bits per heavy atom. The lowest BCUT2D eigenvalue weighted by molar-refractivity contribution is 0.526. The van der Waals surface area contributed by atoms with Gasteiger partial charge in [-0.05, 0) is 43.5 Å². The van der Waals surface area contributed by atoms with Crippen molar-refractivity contribution in [3.05, 3.63) is 47.7 Å². The Morgan fingerprint density at radius 3 is 2.79 bits per heavy atom. The summed E-state index contributed by atoms with van der Waals surface area (Å²) in [7, 11) is 0. The maximum Gasteiger partial charge on any atom is 0.137 e. The molecule has 1 heterocycles. The van der Waals surface area contributed by atoms with Gasteiger partial charge in [0.05, 0.1) is 11.2 Å². The number of halogens is 1. The lowest BCUT2D eigenvalue weighted by Crippen LogP contribution is -2.15. The fourth-order valence-corrected chi connectivity index (χ4v) is 2.73. The molecule has 3 rings (SSSR count). The lowest BCUT2D eigenvalue weighted by atomic mass is 10.2. The van der Waals surface area contributed by atoms with Crippen molar-refractivity contribution in [2.75, 3.05) is 0 Å². The van der Waals surface area contributed by atoms with Crippen molar-refractivity contribution in [2.24, 2.45) is 0 Å². The van der Waals surface area contributed by atoms with Crippen LogP contribution in [0.4, 0.5) is 4.39 Å². The van der Waals surface area contributed by atoms with Gasteiger partial charge in [0.1, 0.15) is 11.6 Å². The maximum absolute atomic E-state index is 14.0. The van der Waals surface area contributed by atoms with Crippen LogP contribution in [-0.4, -0.2) is 6.04 Å². The van der Waals surface area contributed by atoms with Crippen molar-refractivity contribution in [2.45, 2.75) is 42.1 Å². The number of furan rings is 1. The Hall–Kier alpha value is -1.26. The predicted octanol–water partition coefficient (Wildman–Crippen LogP) is 4.13. The SMILES string of the molecule is Cc1occc1Sc1ccc(CNC2CC2)cc1F. The van der Waals surface area contributed by atoms with E-state index in [9.17, 15) is 4.39 Å². The van der Waals surface area contributed by atoms with Crippen molar-refractivity contribution < 1.29 is 8.81 Å². The first-order valence-corrected chi connectivity index (χ1v) is 7.28. The van der Waals surface area contributed by atoms with Crippen LogP contribution < -0.4 is 5.32 Å². The Balaban J connectivity index is 1.70. The zero-order chi connectivity index (χ0) is 13.2. The molecule has 2 nitrogen and oxygen atoms in total. The van der Waals surface area contributed by atoms with Gasteiger partial charge in [0.2, 0.25) is 0 Å². The first kappa shape index (κ1) is 12.8. The summed E-state index contributed by atoms with van der Waals surface area (Å²) in [4.78, 5) is 1.60. The minimum absolute atomic E-state index is 0.166. The summed E-state index contributed by atoms with van der Waals surface area (Å²) in [5.41, 5.74) is 0.998. The quantitative estimate of drug-likeness (QED) is 0.889. The molecule has 1 saturated carbocycles. The van der Waals surface area contributed by atoms with Crippen molar-refractivity contribution in [1.82, 2.24) is 5.32 Å². The molecule has 2 aromatic rings. The van der Waals surface area contributed by atoms with E-state index in [0.29, 0.717) is 10.9 Å². The van der Waals surface area contributed by atoms with Crippen LogP contribution in [0.5, 0.6) is 0 Å². The van der Waals surface area contributed by atoms with Crippen LogP contribution >= 0.6 is 11.8 Å². The molecule has 19 heavy (non-hydrogen) atoms. The molecule has 0 atom stereocenters. The molecule has 1 fully saturated rings. The van der Waals surface area contributed by atoms with Crippen LogP contribution in [-0.2, 0) is 6.54 Å². The molecule has 0 bridgehead atoms. The van der Waals surface area contributed by atoms with E-state index >= 15 is 0 Å². The van der Waals surface area contributed by atoms with Crippen LogP contribution in [0.25, 0.3) is 0 Å². The number of nitrogens with one attached hydrogen (secondary N) is 1. The lowest BCUT2D eigenvalue weighted by Gasteiger charge is -2.06. The summed E-state index contributed by atoms with van der Waals surface area (Å²) in [6, 6.07) is 7.95. The molecular weight excluding hydrogens is 261 g/mol. The zero-order valence-electron chi connectivity index (χ0n) is 10.8. The average molecular weight is 277 g/mol. The van der Waals surface area contributed by atoms with E-state index in [2.05, 4.69) is 5.32 Å². The summed E-state index contributed by atoms with van der Waals surface area (Å²) in [5, 5.41) is 3.39. The number of hydrogen-bond acceptors (Lipinski definition) is 3. The van der Waals surface area contributed by atoms with Gasteiger partial charge in [-0.15, -0.1) is 0 Å². The van der Waals surface area contributed by atoms with E-state index in [1.807, 2.05) is 25.1 Å². The molecular formula is C15H16FNOS. The van der Waals surface area contributed by atoms with Gasteiger partial charge in [-0.2, -0.15) is 0 Å². The number of benzene rings is 1. The van der Waals surface area contributed by atoms with Crippen molar-refractivity contribution in [3.63, 3.8) is 0 Å². The van der Waals surface area contributed by atoms with Crippen LogP contribution in [0.3, 0.4) is 0 Å². The van der Waals surface area contributed by atoms with Gasteiger partial charge in [-0.1, -0.05) is 17.8 Å². The molecule has 1 aliphatic carbocycles. The van der Waals surface area contributed by atoms with Gasteiger partial charge in [0, 0.05) is 17.5 Å². The van der Waals surface area contributed by atoms with Gasteiger partial charge in [0.25, 0.3) is 0 Å². The summed E-state index contributed by atoms with van der Waals surface area (Å²) in [6.07, 6.45) is 4.12. The van der Waals surface area contributed by atoms with Gasteiger partial charge in [0.15, 0.2) is 0 Å². The minimum atomic E-state index is -0.166. The Morgan fingerprint density at radius 1 is 1.32 bits per heavy atom.